The Kier molecular flexibility index (Phi) is 7.77. The second-order valence-corrected chi connectivity index (χ2v) is 8.00. The second-order valence-electron chi connectivity index (χ2n) is 8.00. The Hall–Kier alpha value is -3.31. The van der Waals surface area contributed by atoms with Crippen LogP contribution in [0.3, 0.4) is 0 Å². The molecule has 32 heavy (non-hydrogen) atoms. The van der Waals surface area contributed by atoms with Crippen molar-refractivity contribution in [2.24, 2.45) is 0 Å². The maximum atomic E-state index is 12.2. The number of anilines is 1. The number of rotatable bonds is 9. The molecule has 0 atom stereocenters. The molecule has 1 aliphatic heterocycles. The van der Waals surface area contributed by atoms with Crippen molar-refractivity contribution in [3.8, 4) is 5.75 Å². The fraction of sp³-hybridized carbons (Fsp3) is 0.296. The Bertz CT molecular complexity index is 970. The van der Waals surface area contributed by atoms with Crippen LogP contribution in [0.4, 0.5) is 5.69 Å². The summed E-state index contributed by atoms with van der Waals surface area (Å²) in [6.45, 7) is 6.03. The summed E-state index contributed by atoms with van der Waals surface area (Å²) in [5, 5.41) is 3.02. The number of hydrogen-bond donors (Lipinski definition) is 1. The van der Waals surface area contributed by atoms with Crippen molar-refractivity contribution in [2.45, 2.75) is 6.42 Å². The van der Waals surface area contributed by atoms with Crippen LogP contribution in [-0.4, -0.2) is 56.7 Å². The summed E-state index contributed by atoms with van der Waals surface area (Å²) in [6, 6.07) is 28.1. The predicted molar refractivity (Wildman–Crippen MR) is 130 cm³/mol. The highest BCUT2D eigenvalue weighted by molar-refractivity contribution is 5.94. The van der Waals surface area contributed by atoms with E-state index in [1.54, 1.807) is 0 Å². The lowest BCUT2D eigenvalue weighted by atomic mass is 10.2. The minimum atomic E-state index is -0.00850. The van der Waals surface area contributed by atoms with Crippen LogP contribution in [0.1, 0.15) is 15.9 Å². The Morgan fingerprint density at radius 3 is 2.22 bits per heavy atom. The molecule has 1 fully saturated rings. The molecule has 5 nitrogen and oxygen atoms in total. The van der Waals surface area contributed by atoms with Gasteiger partial charge in [0.15, 0.2) is 0 Å². The molecule has 3 aromatic rings. The molecule has 0 radical (unpaired) electrons. The minimum absolute atomic E-state index is 0.00850. The summed E-state index contributed by atoms with van der Waals surface area (Å²) >= 11 is 0. The molecule has 0 bridgehead atoms. The summed E-state index contributed by atoms with van der Waals surface area (Å²) in [5.41, 5.74) is 3.16. The first-order chi connectivity index (χ1) is 15.8. The molecule has 4 rings (SSSR count). The van der Waals surface area contributed by atoms with E-state index in [2.05, 4.69) is 57.6 Å². The van der Waals surface area contributed by atoms with Crippen LogP contribution >= 0.6 is 0 Å². The van der Waals surface area contributed by atoms with Crippen molar-refractivity contribution in [1.29, 1.82) is 0 Å². The van der Waals surface area contributed by atoms with Crippen molar-refractivity contribution >= 4 is 11.6 Å². The highest BCUT2D eigenvalue weighted by Gasteiger charge is 2.19. The van der Waals surface area contributed by atoms with E-state index in [0.717, 1.165) is 50.6 Å². The van der Waals surface area contributed by atoms with Crippen LogP contribution < -0.4 is 15.0 Å². The molecule has 1 aliphatic rings. The van der Waals surface area contributed by atoms with Gasteiger partial charge in [0.25, 0.3) is 5.91 Å². The number of amides is 1. The smallest absolute Gasteiger partial charge is 0.251 e. The molecule has 1 N–H and O–H groups in total. The van der Waals surface area contributed by atoms with E-state index in [1.165, 1.54) is 5.56 Å². The maximum absolute atomic E-state index is 12.2. The van der Waals surface area contributed by atoms with Crippen LogP contribution in [0.2, 0.25) is 0 Å². The van der Waals surface area contributed by atoms with Crippen molar-refractivity contribution < 1.29 is 9.53 Å². The third kappa shape index (κ3) is 6.11. The molecule has 166 valence electrons. The number of piperazine rings is 1. The first-order valence-corrected chi connectivity index (χ1v) is 11.4. The molecule has 5 heteroatoms. The van der Waals surface area contributed by atoms with Crippen molar-refractivity contribution in [3.63, 3.8) is 0 Å². The van der Waals surface area contributed by atoms with E-state index in [0.29, 0.717) is 18.7 Å². The van der Waals surface area contributed by atoms with Gasteiger partial charge < -0.3 is 15.0 Å². The summed E-state index contributed by atoms with van der Waals surface area (Å²) < 4.78 is 6.15. The first-order valence-electron chi connectivity index (χ1n) is 11.4. The van der Waals surface area contributed by atoms with E-state index in [1.807, 2.05) is 42.5 Å². The lowest BCUT2D eigenvalue weighted by Gasteiger charge is -2.36. The lowest BCUT2D eigenvalue weighted by molar-refractivity contribution is 0.0947. The Labute approximate surface area is 190 Å². The van der Waals surface area contributed by atoms with Gasteiger partial charge in [-0.05, 0) is 29.8 Å². The number of nitrogens with one attached hydrogen (secondary N) is 1. The van der Waals surface area contributed by atoms with Crippen LogP contribution in [-0.2, 0) is 6.42 Å². The van der Waals surface area contributed by atoms with Crippen LogP contribution in [0.25, 0.3) is 0 Å². The topological polar surface area (TPSA) is 44.8 Å². The zero-order valence-corrected chi connectivity index (χ0v) is 18.5. The number of carbonyl (C=O) groups is 1. The molecule has 3 aromatic carbocycles. The average Bonchev–Trinajstić information content (AvgIpc) is 2.86. The number of hydrogen-bond acceptors (Lipinski definition) is 4. The zero-order chi connectivity index (χ0) is 22.0. The number of benzene rings is 3. The van der Waals surface area contributed by atoms with Gasteiger partial charge in [0, 0.05) is 51.3 Å². The number of para-hydroxylation sites is 2. The van der Waals surface area contributed by atoms with E-state index >= 15 is 0 Å². The second kappa shape index (κ2) is 11.3. The standard InChI is InChI=1S/C27H31N3O2/c31-27(24-11-5-2-6-12-24)28-16-17-29-18-20-30(21-19-29)25-13-7-8-14-26(25)32-22-15-23-9-3-1-4-10-23/h1-14H,15-22H2,(H,28,31). The third-order valence-corrected chi connectivity index (χ3v) is 5.82. The van der Waals surface area contributed by atoms with Gasteiger partial charge >= 0.3 is 0 Å². The first kappa shape index (κ1) is 21.9. The summed E-state index contributed by atoms with van der Waals surface area (Å²) in [6.07, 6.45) is 0.900. The van der Waals surface area contributed by atoms with Gasteiger partial charge in [-0.15, -0.1) is 0 Å². The van der Waals surface area contributed by atoms with Crippen LogP contribution in [0.5, 0.6) is 5.75 Å². The van der Waals surface area contributed by atoms with Crippen LogP contribution in [0.15, 0.2) is 84.9 Å². The van der Waals surface area contributed by atoms with E-state index < -0.39 is 0 Å². The molecule has 0 spiro atoms. The van der Waals surface area contributed by atoms with Gasteiger partial charge in [-0.3, -0.25) is 9.69 Å². The predicted octanol–water partition coefficient (Wildman–Crippen LogP) is 3.86. The average molecular weight is 430 g/mol. The number of nitrogens with zero attached hydrogens (tertiary/aromatic N) is 2. The monoisotopic (exact) mass is 429 g/mol. The summed E-state index contributed by atoms with van der Waals surface area (Å²) in [7, 11) is 0. The quantitative estimate of drug-likeness (QED) is 0.561. The Balaban J connectivity index is 1.22. The molecule has 0 aromatic heterocycles. The largest absolute Gasteiger partial charge is 0.491 e. The Morgan fingerprint density at radius 2 is 1.47 bits per heavy atom. The van der Waals surface area contributed by atoms with Crippen LogP contribution in [0, 0.1) is 0 Å². The molecule has 0 saturated carbocycles. The minimum Gasteiger partial charge on any atom is -0.491 e. The van der Waals surface area contributed by atoms with Gasteiger partial charge in [-0.2, -0.15) is 0 Å². The van der Waals surface area contributed by atoms with Gasteiger partial charge in [-0.1, -0.05) is 60.7 Å². The summed E-state index contributed by atoms with van der Waals surface area (Å²) in [5.74, 6) is 0.942. The van der Waals surface area contributed by atoms with E-state index in [9.17, 15) is 4.79 Å². The van der Waals surface area contributed by atoms with Gasteiger partial charge in [0.1, 0.15) is 5.75 Å². The molecule has 0 unspecified atom stereocenters. The SMILES string of the molecule is O=C(NCCN1CCN(c2ccccc2OCCc2ccccc2)CC1)c1ccccc1. The Morgan fingerprint density at radius 1 is 0.812 bits per heavy atom. The maximum Gasteiger partial charge on any atom is 0.251 e. The molecular formula is C27H31N3O2. The fourth-order valence-corrected chi connectivity index (χ4v) is 4.00. The van der Waals surface area contributed by atoms with Gasteiger partial charge in [0.2, 0.25) is 0 Å². The number of carbonyl (C=O) groups excluding carboxylic acids is 1. The molecular weight excluding hydrogens is 398 g/mol. The summed E-state index contributed by atoms with van der Waals surface area (Å²) in [4.78, 5) is 17.0. The normalized spacial score (nSPS) is 14.2. The highest BCUT2D eigenvalue weighted by Crippen LogP contribution is 2.29. The van der Waals surface area contributed by atoms with Gasteiger partial charge in [0.05, 0.1) is 12.3 Å². The van der Waals surface area contributed by atoms with Crippen molar-refractivity contribution in [1.82, 2.24) is 10.2 Å². The lowest BCUT2D eigenvalue weighted by Crippen LogP contribution is -2.48. The molecule has 1 heterocycles. The van der Waals surface area contributed by atoms with Crippen molar-refractivity contribution in [3.05, 3.63) is 96.1 Å². The molecule has 1 amide bonds. The van der Waals surface area contributed by atoms with E-state index in [4.69, 9.17) is 4.74 Å². The zero-order valence-electron chi connectivity index (χ0n) is 18.5. The van der Waals surface area contributed by atoms with Gasteiger partial charge in [-0.25, -0.2) is 0 Å². The number of ether oxygens (including phenoxy) is 1. The fourth-order valence-electron chi connectivity index (χ4n) is 4.00. The van der Waals surface area contributed by atoms with E-state index in [-0.39, 0.29) is 5.91 Å². The molecule has 1 saturated heterocycles. The van der Waals surface area contributed by atoms with Crippen molar-refractivity contribution in [2.75, 3.05) is 50.8 Å². The third-order valence-electron chi connectivity index (χ3n) is 5.82. The highest BCUT2D eigenvalue weighted by atomic mass is 16.5. The molecule has 0 aliphatic carbocycles.